The first-order valence-electron chi connectivity index (χ1n) is 4.15. The first-order chi connectivity index (χ1) is 5.74. The minimum absolute atomic E-state index is 0.440. The van der Waals surface area contributed by atoms with Gasteiger partial charge in [-0.25, -0.2) is 0 Å². The van der Waals surface area contributed by atoms with E-state index < -0.39 is 0 Å². The first-order valence-corrected chi connectivity index (χ1v) is 4.15. The summed E-state index contributed by atoms with van der Waals surface area (Å²) in [5, 5.41) is 0. The van der Waals surface area contributed by atoms with Crippen LogP contribution in [0.25, 0.3) is 0 Å². The van der Waals surface area contributed by atoms with Crippen molar-refractivity contribution in [3.05, 3.63) is 48.2 Å². The Morgan fingerprint density at radius 1 is 1.75 bits per heavy atom. The summed E-state index contributed by atoms with van der Waals surface area (Å²) in [4.78, 5) is 0. The van der Waals surface area contributed by atoms with Gasteiger partial charge >= 0.3 is 0 Å². The van der Waals surface area contributed by atoms with Gasteiger partial charge in [0.15, 0.2) is 0 Å². The van der Waals surface area contributed by atoms with Gasteiger partial charge in [0.2, 0.25) is 0 Å². The Morgan fingerprint density at radius 2 is 2.50 bits per heavy atom. The van der Waals surface area contributed by atoms with E-state index in [1.165, 1.54) is 5.57 Å². The molecule has 2 N–H and O–H groups in total. The van der Waals surface area contributed by atoms with Crippen molar-refractivity contribution >= 4 is 0 Å². The topological polar surface area (TPSA) is 26.0 Å². The van der Waals surface area contributed by atoms with Crippen molar-refractivity contribution in [1.82, 2.24) is 0 Å². The Bertz CT molecular complexity index is 256. The lowest BCUT2D eigenvalue weighted by molar-refractivity contribution is 0.755. The Labute approximate surface area is 74.0 Å². The maximum absolute atomic E-state index is 5.29. The maximum Gasteiger partial charge on any atom is 0.00529 e. The standard InChI is InChI=1S/C11H15N/c1-9-4-3-5-11(8-9)10(2)6-7-12/h3-7,11H,2,8,12H2,1H3/b7-6-. The van der Waals surface area contributed by atoms with Crippen LogP contribution in [0.5, 0.6) is 0 Å². The Morgan fingerprint density at radius 3 is 3.08 bits per heavy atom. The van der Waals surface area contributed by atoms with Crippen LogP contribution in [0, 0.1) is 5.92 Å². The summed E-state index contributed by atoms with van der Waals surface area (Å²) in [5.41, 5.74) is 7.77. The molecule has 0 aliphatic heterocycles. The van der Waals surface area contributed by atoms with Crippen molar-refractivity contribution in [2.24, 2.45) is 11.7 Å². The monoisotopic (exact) mass is 161 g/mol. The summed E-state index contributed by atoms with van der Waals surface area (Å²) in [6, 6.07) is 0. The zero-order valence-electron chi connectivity index (χ0n) is 7.46. The normalized spacial score (nSPS) is 22.8. The fraction of sp³-hybridized carbons (Fsp3) is 0.273. The average molecular weight is 161 g/mol. The average Bonchev–Trinajstić information content (AvgIpc) is 2.05. The Balaban J connectivity index is 2.62. The third kappa shape index (κ3) is 2.12. The van der Waals surface area contributed by atoms with Gasteiger partial charge in [0, 0.05) is 5.92 Å². The fourth-order valence-corrected chi connectivity index (χ4v) is 1.34. The van der Waals surface area contributed by atoms with E-state index in [-0.39, 0.29) is 0 Å². The van der Waals surface area contributed by atoms with E-state index >= 15 is 0 Å². The van der Waals surface area contributed by atoms with Gasteiger partial charge in [-0.3, -0.25) is 0 Å². The van der Waals surface area contributed by atoms with Crippen molar-refractivity contribution in [3.8, 4) is 0 Å². The van der Waals surface area contributed by atoms with Crippen LogP contribution in [0.1, 0.15) is 13.3 Å². The van der Waals surface area contributed by atoms with E-state index in [4.69, 9.17) is 5.73 Å². The number of hydrogen-bond donors (Lipinski definition) is 1. The summed E-state index contributed by atoms with van der Waals surface area (Å²) in [7, 11) is 0. The predicted molar refractivity (Wildman–Crippen MR) is 53.5 cm³/mol. The van der Waals surface area contributed by atoms with Gasteiger partial charge in [0.1, 0.15) is 0 Å². The van der Waals surface area contributed by atoms with E-state index in [0.29, 0.717) is 5.92 Å². The number of nitrogens with two attached hydrogens (primary N) is 1. The molecule has 0 aromatic heterocycles. The van der Waals surface area contributed by atoms with Gasteiger partial charge in [-0.05, 0) is 31.2 Å². The molecule has 1 aliphatic carbocycles. The van der Waals surface area contributed by atoms with Gasteiger partial charge in [0.25, 0.3) is 0 Å². The molecular formula is C11H15N. The zero-order valence-corrected chi connectivity index (χ0v) is 7.46. The smallest absolute Gasteiger partial charge is 0.00529 e. The van der Waals surface area contributed by atoms with Crippen LogP contribution in [0.15, 0.2) is 48.2 Å². The maximum atomic E-state index is 5.29. The van der Waals surface area contributed by atoms with Gasteiger partial charge < -0.3 is 5.73 Å². The summed E-state index contributed by atoms with van der Waals surface area (Å²) >= 11 is 0. The molecule has 64 valence electrons. The second-order valence-electron chi connectivity index (χ2n) is 3.14. The Hall–Kier alpha value is -1.24. The third-order valence-electron chi connectivity index (χ3n) is 2.05. The molecule has 0 spiro atoms. The van der Waals surface area contributed by atoms with Crippen LogP contribution in [-0.4, -0.2) is 0 Å². The molecule has 12 heavy (non-hydrogen) atoms. The van der Waals surface area contributed by atoms with Crippen LogP contribution >= 0.6 is 0 Å². The summed E-state index contributed by atoms with van der Waals surface area (Å²) in [6.45, 7) is 6.09. The highest BCUT2D eigenvalue weighted by atomic mass is 14.5. The van der Waals surface area contributed by atoms with E-state index in [1.807, 2.05) is 6.08 Å². The molecule has 1 heteroatoms. The molecule has 0 amide bonds. The zero-order chi connectivity index (χ0) is 8.97. The minimum Gasteiger partial charge on any atom is -0.405 e. The molecule has 0 heterocycles. The van der Waals surface area contributed by atoms with Crippen LogP contribution in [-0.2, 0) is 0 Å². The van der Waals surface area contributed by atoms with Gasteiger partial charge in [-0.1, -0.05) is 30.4 Å². The van der Waals surface area contributed by atoms with Crippen LogP contribution in [0.4, 0.5) is 0 Å². The predicted octanol–water partition coefficient (Wildman–Crippen LogP) is 2.54. The van der Waals surface area contributed by atoms with Gasteiger partial charge in [-0.15, -0.1) is 0 Å². The molecule has 0 saturated carbocycles. The molecule has 1 aliphatic rings. The summed E-state index contributed by atoms with van der Waals surface area (Å²) in [6.07, 6.45) is 10.9. The lowest BCUT2D eigenvalue weighted by Gasteiger charge is -2.16. The number of hydrogen-bond acceptors (Lipinski definition) is 1. The van der Waals surface area contributed by atoms with E-state index in [0.717, 1.165) is 12.0 Å². The minimum atomic E-state index is 0.440. The molecule has 0 aromatic carbocycles. The summed E-state index contributed by atoms with van der Waals surface area (Å²) in [5.74, 6) is 0.440. The molecule has 0 fully saturated rings. The van der Waals surface area contributed by atoms with Crippen LogP contribution < -0.4 is 5.73 Å². The second-order valence-corrected chi connectivity index (χ2v) is 3.14. The molecular weight excluding hydrogens is 146 g/mol. The van der Waals surface area contributed by atoms with E-state index in [9.17, 15) is 0 Å². The quantitative estimate of drug-likeness (QED) is 0.619. The molecule has 0 saturated heterocycles. The highest BCUT2D eigenvalue weighted by Crippen LogP contribution is 2.24. The first kappa shape index (κ1) is 8.85. The molecule has 1 unspecified atom stereocenters. The van der Waals surface area contributed by atoms with Crippen molar-refractivity contribution in [1.29, 1.82) is 0 Å². The van der Waals surface area contributed by atoms with Crippen molar-refractivity contribution in [2.45, 2.75) is 13.3 Å². The molecule has 1 rings (SSSR count). The lowest BCUT2D eigenvalue weighted by Crippen LogP contribution is -2.02. The van der Waals surface area contributed by atoms with Crippen molar-refractivity contribution in [2.75, 3.05) is 0 Å². The van der Waals surface area contributed by atoms with Crippen molar-refractivity contribution < 1.29 is 0 Å². The fourth-order valence-electron chi connectivity index (χ4n) is 1.34. The third-order valence-corrected chi connectivity index (χ3v) is 2.05. The molecule has 0 bridgehead atoms. The highest BCUT2D eigenvalue weighted by Gasteiger charge is 2.09. The van der Waals surface area contributed by atoms with Gasteiger partial charge in [0.05, 0.1) is 0 Å². The molecule has 0 radical (unpaired) electrons. The Kier molecular flexibility index (Phi) is 2.92. The molecule has 0 aromatic rings. The summed E-state index contributed by atoms with van der Waals surface area (Å²) < 4.78 is 0. The highest BCUT2D eigenvalue weighted by molar-refractivity contribution is 5.29. The SMILES string of the molecule is C=C(/C=C\N)C1C=CC=C(C)C1. The van der Waals surface area contributed by atoms with E-state index in [2.05, 4.69) is 31.7 Å². The molecule has 1 atom stereocenters. The molecule has 1 nitrogen and oxygen atoms in total. The largest absolute Gasteiger partial charge is 0.405 e. The number of allylic oxidation sites excluding steroid dienone is 6. The second kappa shape index (κ2) is 3.96. The van der Waals surface area contributed by atoms with Crippen molar-refractivity contribution in [3.63, 3.8) is 0 Å². The van der Waals surface area contributed by atoms with E-state index in [1.54, 1.807) is 6.20 Å². The van der Waals surface area contributed by atoms with Crippen LogP contribution in [0.2, 0.25) is 0 Å². The van der Waals surface area contributed by atoms with Gasteiger partial charge in [-0.2, -0.15) is 0 Å². The lowest BCUT2D eigenvalue weighted by atomic mass is 9.89. The van der Waals surface area contributed by atoms with Crippen LogP contribution in [0.3, 0.4) is 0 Å². The number of rotatable bonds is 2.